The van der Waals surface area contributed by atoms with E-state index in [9.17, 15) is 17.6 Å². The van der Waals surface area contributed by atoms with Crippen LogP contribution in [0.3, 0.4) is 0 Å². The van der Waals surface area contributed by atoms with Crippen LogP contribution in [0.15, 0.2) is 27.6 Å². The number of carboxylic acids is 1. The summed E-state index contributed by atoms with van der Waals surface area (Å²) < 4.78 is 39.5. The summed E-state index contributed by atoms with van der Waals surface area (Å²) in [6.45, 7) is 0.136. The van der Waals surface area contributed by atoms with Gasteiger partial charge in [0.25, 0.3) is 0 Å². The van der Waals surface area contributed by atoms with Gasteiger partial charge < -0.3 is 5.11 Å². The van der Waals surface area contributed by atoms with Crippen molar-refractivity contribution < 1.29 is 22.7 Å². The topological polar surface area (TPSA) is 74.7 Å². The highest BCUT2D eigenvalue weighted by Gasteiger charge is 2.37. The van der Waals surface area contributed by atoms with Crippen LogP contribution >= 0.6 is 15.9 Å². The van der Waals surface area contributed by atoms with Crippen LogP contribution in [0.1, 0.15) is 19.3 Å². The van der Waals surface area contributed by atoms with Crippen molar-refractivity contribution in [3.63, 3.8) is 0 Å². The molecule has 1 atom stereocenters. The first-order valence-corrected chi connectivity index (χ1v) is 8.27. The third kappa shape index (κ3) is 2.87. The van der Waals surface area contributed by atoms with Crippen LogP contribution in [0.2, 0.25) is 0 Å². The highest BCUT2D eigenvalue weighted by molar-refractivity contribution is 9.10. The molecule has 0 aliphatic carbocycles. The molecule has 0 radical (unpaired) electrons. The second-order valence-corrected chi connectivity index (χ2v) is 7.29. The Morgan fingerprint density at radius 1 is 1.40 bits per heavy atom. The number of hydrogen-bond donors (Lipinski definition) is 1. The number of piperidine rings is 1. The molecule has 110 valence electrons. The lowest BCUT2D eigenvalue weighted by Crippen LogP contribution is -2.47. The Kier molecular flexibility index (Phi) is 4.46. The van der Waals surface area contributed by atoms with Gasteiger partial charge in [0.2, 0.25) is 10.0 Å². The molecular formula is C12H13BrFNO4S. The van der Waals surface area contributed by atoms with Gasteiger partial charge in [0.15, 0.2) is 0 Å². The van der Waals surface area contributed by atoms with Gasteiger partial charge in [0.05, 0.1) is 9.37 Å². The molecule has 8 heteroatoms. The molecule has 0 unspecified atom stereocenters. The minimum atomic E-state index is -4.00. The fourth-order valence-corrected chi connectivity index (χ4v) is 4.12. The summed E-state index contributed by atoms with van der Waals surface area (Å²) in [5.41, 5.74) is 0. The van der Waals surface area contributed by atoms with Gasteiger partial charge in [0, 0.05) is 6.54 Å². The molecular weight excluding hydrogens is 353 g/mol. The molecule has 1 aromatic carbocycles. The number of rotatable bonds is 3. The summed E-state index contributed by atoms with van der Waals surface area (Å²) in [5, 5.41) is 9.13. The van der Waals surface area contributed by atoms with Crippen LogP contribution < -0.4 is 0 Å². The highest BCUT2D eigenvalue weighted by atomic mass is 79.9. The fourth-order valence-electron chi connectivity index (χ4n) is 2.21. The largest absolute Gasteiger partial charge is 0.480 e. The average molecular weight is 366 g/mol. The molecule has 0 aromatic heterocycles. The smallest absolute Gasteiger partial charge is 0.322 e. The van der Waals surface area contributed by atoms with Gasteiger partial charge in [-0.15, -0.1) is 0 Å². The lowest BCUT2D eigenvalue weighted by molar-refractivity contribution is -0.142. The molecule has 1 aliphatic heterocycles. The second kappa shape index (κ2) is 5.79. The van der Waals surface area contributed by atoms with Crippen LogP contribution in [-0.4, -0.2) is 36.4 Å². The summed E-state index contributed by atoms with van der Waals surface area (Å²) >= 11 is 2.95. The molecule has 0 bridgehead atoms. The van der Waals surface area contributed by atoms with Gasteiger partial charge >= 0.3 is 5.97 Å². The van der Waals surface area contributed by atoms with E-state index in [0.717, 1.165) is 10.4 Å². The van der Waals surface area contributed by atoms with E-state index in [1.54, 1.807) is 0 Å². The van der Waals surface area contributed by atoms with Gasteiger partial charge in [-0.25, -0.2) is 12.8 Å². The van der Waals surface area contributed by atoms with E-state index in [1.165, 1.54) is 12.1 Å². The third-order valence-electron chi connectivity index (χ3n) is 3.24. The Labute approximate surface area is 124 Å². The number of aliphatic carboxylic acids is 1. The highest BCUT2D eigenvalue weighted by Crippen LogP contribution is 2.27. The Balaban J connectivity index is 2.42. The van der Waals surface area contributed by atoms with E-state index in [0.29, 0.717) is 12.8 Å². The van der Waals surface area contributed by atoms with Crippen molar-refractivity contribution in [2.24, 2.45) is 0 Å². The monoisotopic (exact) mass is 365 g/mol. The molecule has 0 spiro atoms. The Morgan fingerprint density at radius 3 is 2.70 bits per heavy atom. The van der Waals surface area contributed by atoms with E-state index >= 15 is 0 Å². The molecule has 0 saturated carbocycles. The first-order valence-electron chi connectivity index (χ1n) is 6.04. The number of benzene rings is 1. The van der Waals surface area contributed by atoms with Gasteiger partial charge in [-0.2, -0.15) is 4.31 Å². The number of hydrogen-bond acceptors (Lipinski definition) is 3. The van der Waals surface area contributed by atoms with Gasteiger partial charge in [-0.05, 0) is 53.4 Å². The summed E-state index contributed by atoms with van der Waals surface area (Å²) in [5.74, 6) is -1.87. The number of sulfonamides is 1. The maximum atomic E-state index is 13.5. The maximum Gasteiger partial charge on any atom is 0.322 e. The number of carboxylic acid groups (broad SMARTS) is 1. The van der Waals surface area contributed by atoms with Crippen LogP contribution in [0.4, 0.5) is 4.39 Å². The SMILES string of the molecule is O=C(O)[C@H]1CCCCN1S(=O)(=O)c1ccc(Br)c(F)c1. The minimum Gasteiger partial charge on any atom is -0.480 e. The standard InChI is InChI=1S/C12H13BrFNO4S/c13-9-5-4-8(7-10(9)14)20(18,19)15-6-2-1-3-11(15)12(16)17/h4-5,7,11H,1-3,6H2,(H,16,17)/t11-/m1/s1. The van der Waals surface area contributed by atoms with E-state index < -0.39 is 27.9 Å². The molecule has 20 heavy (non-hydrogen) atoms. The van der Waals surface area contributed by atoms with Crippen molar-refractivity contribution in [2.45, 2.75) is 30.2 Å². The van der Waals surface area contributed by atoms with E-state index in [-0.39, 0.29) is 22.3 Å². The zero-order chi connectivity index (χ0) is 14.9. The van der Waals surface area contributed by atoms with Crippen LogP contribution in [0, 0.1) is 5.82 Å². The zero-order valence-electron chi connectivity index (χ0n) is 10.4. The van der Waals surface area contributed by atoms with Crippen molar-refractivity contribution in [2.75, 3.05) is 6.54 Å². The molecule has 1 N–H and O–H groups in total. The molecule has 2 rings (SSSR count). The Morgan fingerprint density at radius 2 is 2.10 bits per heavy atom. The number of halogens is 2. The summed E-state index contributed by atoms with van der Waals surface area (Å²) in [7, 11) is -4.00. The summed E-state index contributed by atoms with van der Waals surface area (Å²) in [6.07, 6.45) is 1.53. The maximum absolute atomic E-state index is 13.5. The van der Waals surface area contributed by atoms with Gasteiger partial charge in [0.1, 0.15) is 11.9 Å². The first-order chi connectivity index (χ1) is 9.34. The fraction of sp³-hybridized carbons (Fsp3) is 0.417. The lowest BCUT2D eigenvalue weighted by Gasteiger charge is -2.31. The number of carbonyl (C=O) groups is 1. The average Bonchev–Trinajstić information content (AvgIpc) is 2.41. The number of nitrogens with zero attached hydrogens (tertiary/aromatic N) is 1. The van der Waals surface area contributed by atoms with Crippen molar-refractivity contribution in [1.29, 1.82) is 0 Å². The Bertz CT molecular complexity index is 634. The van der Waals surface area contributed by atoms with Crippen molar-refractivity contribution in [1.82, 2.24) is 4.31 Å². The Hall–Kier alpha value is -0.990. The van der Waals surface area contributed by atoms with E-state index in [1.807, 2.05) is 0 Å². The van der Waals surface area contributed by atoms with Crippen LogP contribution in [0.25, 0.3) is 0 Å². The minimum absolute atomic E-state index is 0.136. The summed E-state index contributed by atoms with van der Waals surface area (Å²) in [6, 6.07) is 2.37. The molecule has 1 saturated heterocycles. The first kappa shape index (κ1) is 15.4. The second-order valence-electron chi connectivity index (χ2n) is 4.54. The molecule has 1 fully saturated rings. The molecule has 0 amide bonds. The van der Waals surface area contributed by atoms with E-state index in [2.05, 4.69) is 15.9 Å². The normalized spacial score (nSPS) is 20.8. The quantitative estimate of drug-likeness (QED) is 0.890. The van der Waals surface area contributed by atoms with Gasteiger partial charge in [-0.3, -0.25) is 4.79 Å². The van der Waals surface area contributed by atoms with E-state index in [4.69, 9.17) is 5.11 Å². The predicted octanol–water partition coefficient (Wildman–Crippen LogP) is 2.22. The van der Waals surface area contributed by atoms with Crippen molar-refractivity contribution in [3.8, 4) is 0 Å². The predicted molar refractivity (Wildman–Crippen MR) is 73.3 cm³/mol. The van der Waals surface area contributed by atoms with Crippen LogP contribution in [0.5, 0.6) is 0 Å². The molecule has 1 heterocycles. The summed E-state index contributed by atoms with van der Waals surface area (Å²) in [4.78, 5) is 10.9. The molecule has 1 aliphatic rings. The van der Waals surface area contributed by atoms with Crippen molar-refractivity contribution >= 4 is 31.9 Å². The van der Waals surface area contributed by atoms with Crippen molar-refractivity contribution in [3.05, 3.63) is 28.5 Å². The van der Waals surface area contributed by atoms with Crippen LogP contribution in [-0.2, 0) is 14.8 Å². The molecule has 5 nitrogen and oxygen atoms in total. The van der Waals surface area contributed by atoms with Gasteiger partial charge in [-0.1, -0.05) is 0 Å². The lowest BCUT2D eigenvalue weighted by atomic mass is 10.1. The zero-order valence-corrected chi connectivity index (χ0v) is 12.8. The third-order valence-corrected chi connectivity index (χ3v) is 5.78. The molecule has 1 aromatic rings.